The maximum Gasteiger partial charge on any atom is 0.475 e. The van der Waals surface area contributed by atoms with Gasteiger partial charge in [0.25, 0.3) is 5.91 Å². The molecule has 10 nitrogen and oxygen atoms in total. The van der Waals surface area contributed by atoms with E-state index in [1.54, 1.807) is 6.08 Å². The van der Waals surface area contributed by atoms with Crippen LogP contribution in [0.5, 0.6) is 0 Å². The summed E-state index contributed by atoms with van der Waals surface area (Å²) in [6.45, 7) is 5.54. The van der Waals surface area contributed by atoms with Gasteiger partial charge in [0.05, 0.1) is 31.7 Å². The molecular formula is C25H33BF2N4O6. The number of halogens is 2. The molecule has 3 atom stereocenters. The monoisotopic (exact) mass is 534 g/mol. The summed E-state index contributed by atoms with van der Waals surface area (Å²) in [4.78, 5) is 28.9. The third kappa shape index (κ3) is 7.98. The van der Waals surface area contributed by atoms with Crippen molar-refractivity contribution >= 4 is 19.1 Å². The molecule has 0 bridgehead atoms. The van der Waals surface area contributed by atoms with Crippen molar-refractivity contribution in [1.29, 1.82) is 5.26 Å². The molecule has 2 aliphatic heterocycles. The molecule has 0 radical (unpaired) electrons. The molecule has 0 aromatic heterocycles. The Bertz CT molecular complexity index is 1040. The first-order chi connectivity index (χ1) is 18.0. The second-order valence-corrected chi connectivity index (χ2v) is 9.96. The predicted molar refractivity (Wildman–Crippen MR) is 134 cm³/mol. The Labute approximate surface area is 220 Å². The fourth-order valence-corrected chi connectivity index (χ4v) is 4.62. The summed E-state index contributed by atoms with van der Waals surface area (Å²) in [5.74, 6) is -2.26. The number of morpholine rings is 1. The first kappa shape index (κ1) is 29.5. The SMILES string of the molecule is CC(C)(/C=C(\C#N)C(=O)N1C[C@@H](F)C[C@@H]1COC(=O)N[C@@H](Cc1ccc(F)cc1)B(O)O)N1CCOCC1. The van der Waals surface area contributed by atoms with Gasteiger partial charge >= 0.3 is 13.2 Å². The Morgan fingerprint density at radius 3 is 2.58 bits per heavy atom. The van der Waals surface area contributed by atoms with E-state index in [4.69, 9.17) is 9.47 Å². The highest BCUT2D eigenvalue weighted by molar-refractivity contribution is 6.43. The van der Waals surface area contributed by atoms with Crippen LogP contribution in [0.4, 0.5) is 13.6 Å². The normalized spacial score (nSPS) is 21.5. The lowest BCUT2D eigenvalue weighted by molar-refractivity contribution is -0.128. The van der Waals surface area contributed by atoms with E-state index in [-0.39, 0.29) is 31.6 Å². The van der Waals surface area contributed by atoms with E-state index < -0.39 is 48.6 Å². The van der Waals surface area contributed by atoms with Crippen LogP contribution in [0.15, 0.2) is 35.9 Å². The van der Waals surface area contributed by atoms with Gasteiger partial charge in [-0.3, -0.25) is 9.69 Å². The van der Waals surface area contributed by atoms with Crippen molar-refractivity contribution in [2.75, 3.05) is 39.5 Å². The van der Waals surface area contributed by atoms with Crippen molar-refractivity contribution in [3.8, 4) is 6.07 Å². The highest BCUT2D eigenvalue weighted by Crippen LogP contribution is 2.25. The molecule has 0 unspecified atom stereocenters. The van der Waals surface area contributed by atoms with Gasteiger partial charge in [-0.15, -0.1) is 0 Å². The molecule has 1 aromatic carbocycles. The van der Waals surface area contributed by atoms with Crippen LogP contribution in [0.1, 0.15) is 25.8 Å². The van der Waals surface area contributed by atoms with Crippen LogP contribution in [0.2, 0.25) is 0 Å². The molecule has 13 heteroatoms. The molecule has 38 heavy (non-hydrogen) atoms. The molecule has 2 aliphatic rings. The van der Waals surface area contributed by atoms with E-state index >= 15 is 0 Å². The Balaban J connectivity index is 1.62. The molecule has 0 saturated carbocycles. The van der Waals surface area contributed by atoms with Crippen LogP contribution in [-0.2, 0) is 20.7 Å². The summed E-state index contributed by atoms with van der Waals surface area (Å²) in [7, 11) is -1.93. The maximum absolute atomic E-state index is 14.3. The van der Waals surface area contributed by atoms with Crippen molar-refractivity contribution in [3.05, 3.63) is 47.3 Å². The molecule has 3 N–H and O–H groups in total. The van der Waals surface area contributed by atoms with Crippen molar-refractivity contribution in [2.45, 2.75) is 50.4 Å². The fourth-order valence-electron chi connectivity index (χ4n) is 4.62. The number of nitrogens with zero attached hydrogens (tertiary/aromatic N) is 3. The zero-order valence-corrected chi connectivity index (χ0v) is 21.5. The topological polar surface area (TPSA) is 135 Å². The minimum Gasteiger partial charge on any atom is -0.447 e. The molecule has 3 rings (SSSR count). The van der Waals surface area contributed by atoms with E-state index in [9.17, 15) is 33.7 Å². The van der Waals surface area contributed by atoms with Gasteiger partial charge in [0, 0.05) is 25.0 Å². The fraction of sp³-hybridized carbons (Fsp3) is 0.560. The average Bonchev–Trinajstić information content (AvgIpc) is 3.27. The predicted octanol–water partition coefficient (Wildman–Crippen LogP) is 0.975. The van der Waals surface area contributed by atoms with E-state index in [0.29, 0.717) is 31.9 Å². The van der Waals surface area contributed by atoms with Gasteiger partial charge in [0.2, 0.25) is 0 Å². The van der Waals surface area contributed by atoms with Crippen LogP contribution < -0.4 is 5.32 Å². The van der Waals surface area contributed by atoms with Gasteiger partial charge in [0.1, 0.15) is 30.2 Å². The first-order valence-electron chi connectivity index (χ1n) is 12.4. The zero-order valence-electron chi connectivity index (χ0n) is 21.5. The van der Waals surface area contributed by atoms with E-state index in [2.05, 4.69) is 10.2 Å². The largest absolute Gasteiger partial charge is 0.475 e. The van der Waals surface area contributed by atoms with E-state index in [1.807, 2.05) is 19.9 Å². The summed E-state index contributed by atoms with van der Waals surface area (Å²) < 4.78 is 38.0. The number of amides is 2. The number of nitrogens with one attached hydrogen (secondary N) is 1. The molecular weight excluding hydrogens is 501 g/mol. The van der Waals surface area contributed by atoms with Gasteiger partial charge in [-0.25, -0.2) is 13.6 Å². The highest BCUT2D eigenvalue weighted by atomic mass is 19.1. The number of benzene rings is 1. The minimum atomic E-state index is -1.93. The van der Waals surface area contributed by atoms with Gasteiger partial charge in [-0.1, -0.05) is 12.1 Å². The van der Waals surface area contributed by atoms with Crippen LogP contribution in [0, 0.1) is 17.1 Å². The quantitative estimate of drug-likeness (QED) is 0.243. The lowest BCUT2D eigenvalue weighted by Gasteiger charge is -2.39. The second-order valence-electron chi connectivity index (χ2n) is 9.96. The number of alkyl halides is 1. The Morgan fingerprint density at radius 1 is 1.32 bits per heavy atom. The molecule has 2 heterocycles. The number of hydrogen-bond acceptors (Lipinski definition) is 8. The smallest absolute Gasteiger partial charge is 0.447 e. The van der Waals surface area contributed by atoms with Crippen molar-refractivity contribution < 1.29 is 37.9 Å². The van der Waals surface area contributed by atoms with E-state index in [0.717, 1.165) is 0 Å². The first-order valence-corrected chi connectivity index (χ1v) is 12.4. The zero-order chi connectivity index (χ0) is 27.9. The number of hydrogen-bond donors (Lipinski definition) is 3. The van der Waals surface area contributed by atoms with Gasteiger partial charge in [-0.2, -0.15) is 5.26 Å². The minimum absolute atomic E-state index is 0.0110. The number of ether oxygens (including phenoxy) is 2. The van der Waals surface area contributed by atoms with E-state index in [1.165, 1.54) is 29.2 Å². The summed E-state index contributed by atoms with van der Waals surface area (Å²) in [5.41, 5.74) is -0.197. The Kier molecular flexibility index (Phi) is 10.2. The Morgan fingerprint density at radius 2 is 1.97 bits per heavy atom. The average molecular weight is 534 g/mol. The van der Waals surface area contributed by atoms with Crippen molar-refractivity contribution in [1.82, 2.24) is 15.1 Å². The molecule has 0 spiro atoms. The number of carbonyl (C=O) groups is 2. The molecule has 1 aromatic rings. The third-order valence-corrected chi connectivity index (χ3v) is 6.74. The number of likely N-dealkylation sites (tertiary alicyclic amines) is 1. The number of carbonyl (C=O) groups excluding carboxylic acids is 2. The lowest BCUT2D eigenvalue weighted by Crippen LogP contribution is -2.49. The molecule has 0 aliphatic carbocycles. The number of alkyl carbamates (subject to hydrolysis) is 1. The third-order valence-electron chi connectivity index (χ3n) is 6.74. The highest BCUT2D eigenvalue weighted by Gasteiger charge is 2.39. The molecule has 2 amide bonds. The van der Waals surface area contributed by atoms with Gasteiger partial charge in [-0.05, 0) is 44.0 Å². The second kappa shape index (κ2) is 13.2. The maximum atomic E-state index is 14.3. The van der Waals surface area contributed by atoms with Gasteiger partial charge < -0.3 is 29.7 Å². The summed E-state index contributed by atoms with van der Waals surface area (Å²) in [6, 6.07) is 6.43. The Hall–Kier alpha value is -3.05. The number of nitriles is 1. The number of rotatable bonds is 9. The molecule has 2 saturated heterocycles. The lowest BCUT2D eigenvalue weighted by atomic mass is 9.76. The standard InChI is InChI=1S/C25H33BF2N4O6/c1-25(2,31-7-9-37-10-8-31)13-18(14-29)23(33)32-15-20(28)12-21(32)16-38-24(34)30-22(26(35)36)11-17-3-5-19(27)6-4-17/h3-6,13,20-22,35-36H,7-12,15-16H2,1-2H3,(H,30,34)/b18-13+/t20-,21+,22-/m0/s1. The van der Waals surface area contributed by atoms with Crippen molar-refractivity contribution in [2.24, 2.45) is 0 Å². The van der Waals surface area contributed by atoms with Crippen LogP contribution >= 0.6 is 0 Å². The van der Waals surface area contributed by atoms with Crippen LogP contribution in [-0.4, -0.2) is 102 Å². The molecule has 206 valence electrons. The summed E-state index contributed by atoms with van der Waals surface area (Å²) in [6.07, 6.45) is -0.869. The summed E-state index contributed by atoms with van der Waals surface area (Å²) >= 11 is 0. The van der Waals surface area contributed by atoms with Crippen LogP contribution in [0.25, 0.3) is 0 Å². The van der Waals surface area contributed by atoms with Crippen LogP contribution in [0.3, 0.4) is 0 Å². The van der Waals surface area contributed by atoms with Crippen molar-refractivity contribution in [3.63, 3.8) is 0 Å². The molecule has 2 fully saturated rings. The summed E-state index contributed by atoms with van der Waals surface area (Å²) in [5, 5.41) is 31.3. The van der Waals surface area contributed by atoms with Gasteiger partial charge in [0.15, 0.2) is 0 Å².